The highest BCUT2D eigenvalue weighted by Gasteiger charge is 2.09. The van der Waals surface area contributed by atoms with E-state index in [0.717, 1.165) is 5.56 Å². The number of aromatic nitrogens is 1. The second kappa shape index (κ2) is 4.42. The predicted octanol–water partition coefficient (Wildman–Crippen LogP) is 2.12. The Hall–Kier alpha value is -1.39. The Morgan fingerprint density at radius 1 is 1.27 bits per heavy atom. The van der Waals surface area contributed by atoms with Crippen molar-refractivity contribution in [2.75, 3.05) is 0 Å². The molecule has 4 heteroatoms. The average molecular weight is 221 g/mol. The zero-order valence-electron chi connectivity index (χ0n) is 8.00. The van der Waals surface area contributed by atoms with Gasteiger partial charge in [0, 0.05) is 11.8 Å². The van der Waals surface area contributed by atoms with Crippen LogP contribution in [0, 0.1) is 0 Å². The van der Waals surface area contributed by atoms with Crippen LogP contribution in [0.1, 0.15) is 17.4 Å². The van der Waals surface area contributed by atoms with E-state index in [0.29, 0.717) is 12.1 Å². The highest BCUT2D eigenvalue weighted by molar-refractivity contribution is 7.07. The number of aliphatic hydroxyl groups excluding tert-OH is 1. The quantitative estimate of drug-likeness (QED) is 0.834. The molecule has 0 bridgehead atoms. The van der Waals surface area contributed by atoms with Gasteiger partial charge in [0.25, 0.3) is 0 Å². The highest BCUT2D eigenvalue weighted by Crippen LogP contribution is 2.19. The van der Waals surface area contributed by atoms with Gasteiger partial charge in [-0.3, -0.25) is 0 Å². The molecule has 15 heavy (non-hydrogen) atoms. The zero-order chi connectivity index (χ0) is 10.7. The van der Waals surface area contributed by atoms with Gasteiger partial charge >= 0.3 is 0 Å². The van der Waals surface area contributed by atoms with Crippen molar-refractivity contribution in [1.82, 2.24) is 4.98 Å². The smallest absolute Gasteiger partial charge is 0.115 e. The van der Waals surface area contributed by atoms with E-state index in [4.69, 9.17) is 5.11 Å². The number of rotatable bonds is 3. The summed E-state index contributed by atoms with van der Waals surface area (Å²) in [7, 11) is 0. The first kappa shape index (κ1) is 10.1. The first-order chi connectivity index (χ1) is 7.25. The van der Waals surface area contributed by atoms with Gasteiger partial charge in [0.05, 0.1) is 11.2 Å². The number of hydrogen-bond acceptors (Lipinski definition) is 4. The SMILES string of the molecule is Oc1ccc(CC(O)c2cscn2)cc1. The van der Waals surface area contributed by atoms with Crippen LogP contribution in [0.4, 0.5) is 0 Å². The van der Waals surface area contributed by atoms with Gasteiger partial charge in [-0.05, 0) is 17.7 Å². The molecule has 0 aliphatic carbocycles. The first-order valence-electron chi connectivity index (χ1n) is 4.60. The van der Waals surface area contributed by atoms with Crippen LogP contribution in [-0.4, -0.2) is 15.2 Å². The Kier molecular flexibility index (Phi) is 2.99. The molecule has 1 unspecified atom stereocenters. The van der Waals surface area contributed by atoms with Gasteiger partial charge < -0.3 is 10.2 Å². The third kappa shape index (κ3) is 2.55. The lowest BCUT2D eigenvalue weighted by molar-refractivity contribution is 0.174. The highest BCUT2D eigenvalue weighted by atomic mass is 32.1. The van der Waals surface area contributed by atoms with Crippen LogP contribution in [0.15, 0.2) is 35.2 Å². The summed E-state index contributed by atoms with van der Waals surface area (Å²) in [6, 6.07) is 6.82. The number of benzene rings is 1. The molecule has 0 radical (unpaired) electrons. The topological polar surface area (TPSA) is 53.4 Å². The van der Waals surface area contributed by atoms with E-state index in [2.05, 4.69) is 4.98 Å². The summed E-state index contributed by atoms with van der Waals surface area (Å²) >= 11 is 1.47. The summed E-state index contributed by atoms with van der Waals surface area (Å²) in [6.07, 6.45) is -0.0508. The second-order valence-electron chi connectivity index (χ2n) is 3.30. The molecule has 2 N–H and O–H groups in total. The summed E-state index contributed by atoms with van der Waals surface area (Å²) in [5, 5.41) is 20.8. The molecule has 0 spiro atoms. The normalized spacial score (nSPS) is 12.6. The summed E-state index contributed by atoms with van der Waals surface area (Å²) < 4.78 is 0. The average Bonchev–Trinajstić information content (AvgIpc) is 2.74. The van der Waals surface area contributed by atoms with Gasteiger partial charge in [0.15, 0.2) is 0 Å². The fraction of sp³-hybridized carbons (Fsp3) is 0.182. The summed E-state index contributed by atoms with van der Waals surface area (Å²) in [5.41, 5.74) is 3.39. The summed E-state index contributed by atoms with van der Waals surface area (Å²) in [5.74, 6) is 0.238. The van der Waals surface area contributed by atoms with Crippen molar-refractivity contribution in [2.45, 2.75) is 12.5 Å². The molecule has 1 heterocycles. The first-order valence-corrected chi connectivity index (χ1v) is 5.54. The Bertz CT molecular complexity index is 411. The van der Waals surface area contributed by atoms with Gasteiger partial charge in [-0.25, -0.2) is 4.98 Å². The second-order valence-corrected chi connectivity index (χ2v) is 4.02. The molecule has 1 aromatic carbocycles. The van der Waals surface area contributed by atoms with E-state index in [1.54, 1.807) is 29.8 Å². The predicted molar refractivity (Wildman–Crippen MR) is 58.9 cm³/mol. The molecule has 0 fully saturated rings. The van der Waals surface area contributed by atoms with E-state index < -0.39 is 6.10 Å². The van der Waals surface area contributed by atoms with Crippen LogP contribution in [0.25, 0.3) is 0 Å². The van der Waals surface area contributed by atoms with Crippen LogP contribution in [0.2, 0.25) is 0 Å². The Morgan fingerprint density at radius 2 is 2.00 bits per heavy atom. The lowest BCUT2D eigenvalue weighted by Crippen LogP contribution is -2.01. The van der Waals surface area contributed by atoms with Gasteiger partial charge in [0.2, 0.25) is 0 Å². The molecule has 78 valence electrons. The molecule has 2 rings (SSSR count). The van der Waals surface area contributed by atoms with Gasteiger partial charge in [-0.1, -0.05) is 12.1 Å². The Labute approximate surface area is 91.7 Å². The van der Waals surface area contributed by atoms with Crippen LogP contribution in [0.5, 0.6) is 5.75 Å². The number of nitrogens with zero attached hydrogens (tertiary/aromatic N) is 1. The van der Waals surface area contributed by atoms with Gasteiger partial charge in [0.1, 0.15) is 11.9 Å². The fourth-order valence-corrected chi connectivity index (χ4v) is 1.95. The number of phenols is 1. The molecule has 0 saturated carbocycles. The van der Waals surface area contributed by atoms with E-state index in [1.165, 1.54) is 11.3 Å². The number of aromatic hydroxyl groups is 1. The van der Waals surface area contributed by atoms with Crippen molar-refractivity contribution in [3.05, 3.63) is 46.4 Å². The van der Waals surface area contributed by atoms with E-state index in [1.807, 2.05) is 5.38 Å². The third-order valence-electron chi connectivity index (χ3n) is 2.16. The van der Waals surface area contributed by atoms with Crippen LogP contribution in [-0.2, 0) is 6.42 Å². The van der Waals surface area contributed by atoms with Crippen LogP contribution >= 0.6 is 11.3 Å². The molecule has 1 atom stereocenters. The zero-order valence-corrected chi connectivity index (χ0v) is 8.81. The number of phenolic OH excluding ortho intramolecular Hbond substituents is 1. The maximum atomic E-state index is 9.81. The van der Waals surface area contributed by atoms with Gasteiger partial charge in [-0.15, -0.1) is 11.3 Å². The molecular weight excluding hydrogens is 210 g/mol. The minimum absolute atomic E-state index is 0.238. The van der Waals surface area contributed by atoms with Crippen molar-refractivity contribution in [1.29, 1.82) is 0 Å². The van der Waals surface area contributed by atoms with Crippen molar-refractivity contribution in [2.24, 2.45) is 0 Å². The van der Waals surface area contributed by atoms with E-state index in [-0.39, 0.29) is 5.75 Å². The molecule has 0 amide bonds. The largest absolute Gasteiger partial charge is 0.508 e. The minimum Gasteiger partial charge on any atom is -0.508 e. The van der Waals surface area contributed by atoms with E-state index in [9.17, 15) is 5.11 Å². The third-order valence-corrected chi connectivity index (χ3v) is 2.76. The molecular formula is C11H11NO2S. The summed E-state index contributed by atoms with van der Waals surface area (Å²) in [6.45, 7) is 0. The Balaban J connectivity index is 2.06. The molecule has 0 aliphatic heterocycles. The van der Waals surface area contributed by atoms with Crippen molar-refractivity contribution in [3.8, 4) is 5.75 Å². The molecule has 3 nitrogen and oxygen atoms in total. The lowest BCUT2D eigenvalue weighted by atomic mass is 10.1. The van der Waals surface area contributed by atoms with Crippen molar-refractivity contribution in [3.63, 3.8) is 0 Å². The molecule has 1 aromatic heterocycles. The number of hydrogen-bond donors (Lipinski definition) is 2. The van der Waals surface area contributed by atoms with Crippen molar-refractivity contribution >= 4 is 11.3 Å². The van der Waals surface area contributed by atoms with Crippen LogP contribution in [0.3, 0.4) is 0 Å². The molecule has 2 aromatic rings. The number of thiazole rings is 1. The maximum absolute atomic E-state index is 9.81. The minimum atomic E-state index is -0.569. The lowest BCUT2D eigenvalue weighted by Gasteiger charge is -2.07. The van der Waals surface area contributed by atoms with E-state index >= 15 is 0 Å². The molecule has 0 saturated heterocycles. The summed E-state index contributed by atoms with van der Waals surface area (Å²) in [4.78, 5) is 4.05. The maximum Gasteiger partial charge on any atom is 0.115 e. The van der Waals surface area contributed by atoms with Crippen LogP contribution < -0.4 is 0 Å². The van der Waals surface area contributed by atoms with Crippen molar-refractivity contribution < 1.29 is 10.2 Å². The standard InChI is InChI=1S/C11H11NO2S/c13-9-3-1-8(2-4-9)5-11(14)10-6-15-7-12-10/h1-4,6-7,11,13-14H,5H2. The number of aliphatic hydroxyl groups is 1. The Morgan fingerprint density at radius 3 is 2.60 bits per heavy atom. The fourth-order valence-electron chi connectivity index (χ4n) is 1.35. The molecule has 0 aliphatic rings. The monoisotopic (exact) mass is 221 g/mol. The van der Waals surface area contributed by atoms with Gasteiger partial charge in [-0.2, -0.15) is 0 Å².